The molecule has 0 saturated carbocycles. The van der Waals surface area contributed by atoms with Gasteiger partial charge in [-0.1, -0.05) is 29.8 Å². The van der Waals surface area contributed by atoms with Gasteiger partial charge in [0.05, 0.1) is 18.1 Å². The van der Waals surface area contributed by atoms with E-state index in [1.165, 1.54) is 0 Å². The number of aryl methyl sites for hydroxylation is 1. The molecule has 0 fully saturated rings. The number of imidazole rings is 1. The Morgan fingerprint density at radius 2 is 2.19 bits per heavy atom. The summed E-state index contributed by atoms with van der Waals surface area (Å²) >= 11 is 6.09. The van der Waals surface area contributed by atoms with Crippen molar-refractivity contribution in [3.05, 3.63) is 53.1 Å². The second kappa shape index (κ2) is 4.68. The van der Waals surface area contributed by atoms with Gasteiger partial charge in [0.1, 0.15) is 0 Å². The van der Waals surface area contributed by atoms with Gasteiger partial charge in [0.25, 0.3) is 0 Å². The smallest absolute Gasteiger partial charge is 0.0946 e. The van der Waals surface area contributed by atoms with Crippen molar-refractivity contribution in [2.24, 2.45) is 12.8 Å². The zero-order chi connectivity index (χ0) is 11.5. The van der Waals surface area contributed by atoms with Crippen LogP contribution < -0.4 is 5.73 Å². The maximum Gasteiger partial charge on any atom is 0.0946 e. The lowest BCUT2D eigenvalue weighted by atomic mass is 10.0. The number of halogens is 1. The molecular weight excluding hydrogens is 222 g/mol. The van der Waals surface area contributed by atoms with Crippen LogP contribution in [0.5, 0.6) is 0 Å². The first-order valence-electron chi connectivity index (χ1n) is 5.13. The molecule has 1 aromatic heterocycles. The lowest BCUT2D eigenvalue weighted by Crippen LogP contribution is -2.16. The maximum atomic E-state index is 6.12. The molecule has 1 aromatic carbocycles. The summed E-state index contributed by atoms with van der Waals surface area (Å²) in [5.41, 5.74) is 8.20. The third-order valence-corrected chi connectivity index (χ3v) is 3.00. The van der Waals surface area contributed by atoms with E-state index in [4.69, 9.17) is 17.3 Å². The summed E-state index contributed by atoms with van der Waals surface area (Å²) < 4.78 is 1.93. The SMILES string of the molecule is Cn1cncc1C(N)Cc1ccccc1Cl. The minimum atomic E-state index is -0.0765. The van der Waals surface area contributed by atoms with Crippen molar-refractivity contribution in [3.8, 4) is 0 Å². The van der Waals surface area contributed by atoms with E-state index in [2.05, 4.69) is 4.98 Å². The van der Waals surface area contributed by atoms with Crippen LogP contribution in [0.2, 0.25) is 5.02 Å². The molecule has 0 aliphatic heterocycles. The molecule has 2 aromatic rings. The van der Waals surface area contributed by atoms with Crippen LogP contribution >= 0.6 is 11.6 Å². The predicted octanol–water partition coefficient (Wildman–Crippen LogP) is 2.32. The van der Waals surface area contributed by atoms with E-state index in [1.54, 1.807) is 12.5 Å². The molecule has 0 saturated heterocycles. The van der Waals surface area contributed by atoms with Crippen molar-refractivity contribution >= 4 is 11.6 Å². The van der Waals surface area contributed by atoms with Gasteiger partial charge in [-0.15, -0.1) is 0 Å². The second-order valence-electron chi connectivity index (χ2n) is 3.83. The average molecular weight is 236 g/mol. The molecule has 0 aliphatic carbocycles. The fourth-order valence-electron chi connectivity index (χ4n) is 1.73. The van der Waals surface area contributed by atoms with Crippen LogP contribution in [0.25, 0.3) is 0 Å². The number of hydrogen-bond acceptors (Lipinski definition) is 2. The van der Waals surface area contributed by atoms with Gasteiger partial charge >= 0.3 is 0 Å². The summed E-state index contributed by atoms with van der Waals surface area (Å²) in [6.45, 7) is 0. The minimum absolute atomic E-state index is 0.0765. The van der Waals surface area contributed by atoms with Crippen molar-refractivity contribution in [1.82, 2.24) is 9.55 Å². The number of benzene rings is 1. The predicted molar refractivity (Wildman–Crippen MR) is 65.3 cm³/mol. The molecule has 0 amide bonds. The Labute approximate surface area is 99.9 Å². The van der Waals surface area contributed by atoms with E-state index >= 15 is 0 Å². The minimum Gasteiger partial charge on any atom is -0.336 e. The molecule has 0 spiro atoms. The van der Waals surface area contributed by atoms with Crippen LogP contribution in [0.4, 0.5) is 0 Å². The fourth-order valence-corrected chi connectivity index (χ4v) is 1.94. The summed E-state index contributed by atoms with van der Waals surface area (Å²) in [4.78, 5) is 4.06. The van der Waals surface area contributed by atoms with E-state index in [-0.39, 0.29) is 6.04 Å². The van der Waals surface area contributed by atoms with Crippen molar-refractivity contribution in [2.75, 3.05) is 0 Å². The summed E-state index contributed by atoms with van der Waals surface area (Å²) in [6, 6.07) is 7.69. The van der Waals surface area contributed by atoms with E-state index in [0.29, 0.717) is 0 Å². The molecule has 4 heteroatoms. The molecule has 0 aliphatic rings. The van der Waals surface area contributed by atoms with Crippen LogP contribution in [0.15, 0.2) is 36.8 Å². The third-order valence-electron chi connectivity index (χ3n) is 2.63. The highest BCUT2D eigenvalue weighted by molar-refractivity contribution is 6.31. The summed E-state index contributed by atoms with van der Waals surface area (Å²) in [5.74, 6) is 0. The molecule has 1 unspecified atom stereocenters. The van der Waals surface area contributed by atoms with Gasteiger partial charge in [0.15, 0.2) is 0 Å². The first kappa shape index (κ1) is 11.2. The largest absolute Gasteiger partial charge is 0.336 e. The van der Waals surface area contributed by atoms with Gasteiger partial charge in [0.2, 0.25) is 0 Å². The monoisotopic (exact) mass is 235 g/mol. The second-order valence-corrected chi connectivity index (χ2v) is 4.24. The highest BCUT2D eigenvalue weighted by Gasteiger charge is 2.11. The molecule has 2 N–H and O–H groups in total. The quantitative estimate of drug-likeness (QED) is 0.887. The average Bonchev–Trinajstić information content (AvgIpc) is 2.68. The first-order valence-corrected chi connectivity index (χ1v) is 5.51. The van der Waals surface area contributed by atoms with Crippen molar-refractivity contribution in [2.45, 2.75) is 12.5 Å². The van der Waals surface area contributed by atoms with Crippen LogP contribution in [0, 0.1) is 0 Å². The van der Waals surface area contributed by atoms with Gasteiger partial charge < -0.3 is 10.3 Å². The molecule has 1 heterocycles. The molecule has 84 valence electrons. The number of nitrogens with zero attached hydrogens (tertiary/aromatic N) is 2. The molecule has 0 radical (unpaired) electrons. The van der Waals surface area contributed by atoms with Crippen molar-refractivity contribution < 1.29 is 0 Å². The van der Waals surface area contributed by atoms with E-state index in [9.17, 15) is 0 Å². The van der Waals surface area contributed by atoms with Crippen LogP contribution in [-0.4, -0.2) is 9.55 Å². The Hall–Kier alpha value is -1.32. The van der Waals surface area contributed by atoms with Gasteiger partial charge in [0, 0.05) is 18.3 Å². The Balaban J connectivity index is 2.17. The Morgan fingerprint density at radius 1 is 1.44 bits per heavy atom. The van der Waals surface area contributed by atoms with Gasteiger partial charge in [-0.25, -0.2) is 4.98 Å². The van der Waals surface area contributed by atoms with E-state index in [1.807, 2.05) is 35.9 Å². The molecule has 16 heavy (non-hydrogen) atoms. The normalized spacial score (nSPS) is 12.7. The van der Waals surface area contributed by atoms with Crippen LogP contribution in [-0.2, 0) is 13.5 Å². The summed E-state index contributed by atoms with van der Waals surface area (Å²) in [7, 11) is 1.94. The van der Waals surface area contributed by atoms with E-state index < -0.39 is 0 Å². The zero-order valence-corrected chi connectivity index (χ0v) is 9.85. The molecule has 1 atom stereocenters. The molecular formula is C12H14ClN3. The summed E-state index contributed by atoms with van der Waals surface area (Å²) in [5, 5.41) is 0.764. The third kappa shape index (κ3) is 2.26. The molecule has 0 bridgehead atoms. The molecule has 2 rings (SSSR count). The standard InChI is InChI=1S/C12H14ClN3/c1-16-8-15-7-12(16)11(14)6-9-4-2-3-5-10(9)13/h2-5,7-8,11H,6,14H2,1H3. The first-order chi connectivity index (χ1) is 7.68. The van der Waals surface area contributed by atoms with Crippen LogP contribution in [0.1, 0.15) is 17.3 Å². The highest BCUT2D eigenvalue weighted by atomic mass is 35.5. The van der Waals surface area contributed by atoms with Gasteiger partial charge in [-0.3, -0.25) is 0 Å². The molecule has 3 nitrogen and oxygen atoms in total. The number of nitrogens with two attached hydrogens (primary N) is 1. The number of rotatable bonds is 3. The van der Waals surface area contributed by atoms with Gasteiger partial charge in [-0.05, 0) is 18.1 Å². The lowest BCUT2D eigenvalue weighted by Gasteiger charge is -2.13. The summed E-state index contributed by atoms with van der Waals surface area (Å²) in [6.07, 6.45) is 4.27. The maximum absolute atomic E-state index is 6.12. The van der Waals surface area contributed by atoms with Crippen LogP contribution in [0.3, 0.4) is 0 Å². The van der Waals surface area contributed by atoms with E-state index in [0.717, 1.165) is 22.7 Å². The van der Waals surface area contributed by atoms with Gasteiger partial charge in [-0.2, -0.15) is 0 Å². The Morgan fingerprint density at radius 3 is 2.81 bits per heavy atom. The lowest BCUT2D eigenvalue weighted by molar-refractivity contribution is 0.656. The topological polar surface area (TPSA) is 43.8 Å². The highest BCUT2D eigenvalue weighted by Crippen LogP contribution is 2.21. The Kier molecular flexibility index (Phi) is 3.27. The van der Waals surface area contributed by atoms with Crippen molar-refractivity contribution in [3.63, 3.8) is 0 Å². The Bertz CT molecular complexity index is 479. The zero-order valence-electron chi connectivity index (χ0n) is 9.10. The van der Waals surface area contributed by atoms with Crippen molar-refractivity contribution in [1.29, 1.82) is 0 Å². The fraction of sp³-hybridized carbons (Fsp3) is 0.250. The number of hydrogen-bond donors (Lipinski definition) is 1. The number of aromatic nitrogens is 2.